The van der Waals surface area contributed by atoms with Crippen molar-refractivity contribution in [2.75, 3.05) is 6.54 Å². The van der Waals surface area contributed by atoms with Crippen LogP contribution in [0.4, 0.5) is 0 Å². The van der Waals surface area contributed by atoms with E-state index in [4.69, 9.17) is 0 Å². The van der Waals surface area contributed by atoms with Crippen LogP contribution in [-0.2, 0) is 6.54 Å². The molecule has 0 unspecified atom stereocenters. The Morgan fingerprint density at radius 3 is 2.87 bits per heavy atom. The number of phenolic OH excluding ortho intramolecular Hbond substituents is 1. The molecule has 1 fully saturated rings. The third kappa shape index (κ3) is 2.73. The van der Waals surface area contributed by atoms with Gasteiger partial charge in [0.25, 0.3) is 0 Å². The molecular weight excluding hydrogens is 254 g/mol. The number of phenols is 1. The van der Waals surface area contributed by atoms with Gasteiger partial charge in [0.1, 0.15) is 5.75 Å². The third-order valence-corrected chi connectivity index (χ3v) is 3.68. The molecule has 82 valence electrons. The van der Waals surface area contributed by atoms with E-state index in [2.05, 4.69) is 21.2 Å². The van der Waals surface area contributed by atoms with Gasteiger partial charge in [0.15, 0.2) is 0 Å². The molecule has 1 aromatic rings. The predicted octanol–water partition coefficient (Wildman–Crippen LogP) is 3.04. The van der Waals surface area contributed by atoms with Crippen LogP contribution in [0.5, 0.6) is 5.75 Å². The molecule has 0 saturated heterocycles. The van der Waals surface area contributed by atoms with Gasteiger partial charge < -0.3 is 10.4 Å². The molecule has 3 heteroatoms. The Morgan fingerprint density at radius 1 is 1.40 bits per heavy atom. The van der Waals surface area contributed by atoms with Gasteiger partial charge in [-0.05, 0) is 47.3 Å². The summed E-state index contributed by atoms with van der Waals surface area (Å²) in [6, 6.07) is 5.75. The van der Waals surface area contributed by atoms with Crippen molar-refractivity contribution in [2.45, 2.75) is 25.8 Å². The van der Waals surface area contributed by atoms with E-state index in [-0.39, 0.29) is 0 Å². The molecule has 0 radical (unpaired) electrons. The van der Waals surface area contributed by atoms with Crippen molar-refractivity contribution in [2.24, 2.45) is 5.92 Å². The van der Waals surface area contributed by atoms with Gasteiger partial charge in [0, 0.05) is 12.1 Å². The normalized spacial score (nSPS) is 16.3. The highest BCUT2D eigenvalue weighted by Crippen LogP contribution is 2.28. The summed E-state index contributed by atoms with van der Waals surface area (Å²) in [6.07, 6.45) is 4.10. The summed E-state index contributed by atoms with van der Waals surface area (Å²) in [5.74, 6) is 1.22. The first kappa shape index (κ1) is 11.0. The zero-order valence-corrected chi connectivity index (χ0v) is 10.3. The minimum absolute atomic E-state index is 0.360. The summed E-state index contributed by atoms with van der Waals surface area (Å²) in [7, 11) is 0. The van der Waals surface area contributed by atoms with Gasteiger partial charge in [-0.3, -0.25) is 0 Å². The van der Waals surface area contributed by atoms with Crippen LogP contribution in [0.3, 0.4) is 0 Å². The lowest BCUT2D eigenvalue weighted by Crippen LogP contribution is -2.26. The highest BCUT2D eigenvalue weighted by atomic mass is 79.9. The van der Waals surface area contributed by atoms with Crippen molar-refractivity contribution in [3.8, 4) is 5.75 Å². The second kappa shape index (κ2) is 4.99. The molecule has 1 saturated carbocycles. The van der Waals surface area contributed by atoms with E-state index in [1.54, 1.807) is 0 Å². The van der Waals surface area contributed by atoms with E-state index in [9.17, 15) is 5.11 Å². The molecule has 2 rings (SSSR count). The number of rotatable bonds is 4. The summed E-state index contributed by atoms with van der Waals surface area (Å²) in [5.41, 5.74) is 0.962. The molecular formula is C12H16BrNO. The molecule has 0 aromatic heterocycles. The van der Waals surface area contributed by atoms with Crippen molar-refractivity contribution in [1.82, 2.24) is 5.32 Å². The standard InChI is InChI=1S/C12H16BrNO/c13-11-6-2-5-10(12(11)15)8-14-7-9-3-1-4-9/h2,5-6,9,14-15H,1,3-4,7-8H2. The zero-order chi connectivity index (χ0) is 10.7. The fraction of sp³-hybridized carbons (Fsp3) is 0.500. The van der Waals surface area contributed by atoms with Crippen molar-refractivity contribution in [3.63, 3.8) is 0 Å². The minimum atomic E-state index is 0.360. The first-order valence-corrected chi connectivity index (χ1v) is 6.24. The Bertz CT molecular complexity index is 336. The highest BCUT2D eigenvalue weighted by Gasteiger charge is 2.16. The van der Waals surface area contributed by atoms with E-state index in [1.165, 1.54) is 19.3 Å². The van der Waals surface area contributed by atoms with Crippen molar-refractivity contribution >= 4 is 15.9 Å². The van der Waals surface area contributed by atoms with Crippen molar-refractivity contribution in [3.05, 3.63) is 28.2 Å². The lowest BCUT2D eigenvalue weighted by atomic mass is 9.85. The van der Waals surface area contributed by atoms with E-state index >= 15 is 0 Å². The maximum Gasteiger partial charge on any atom is 0.134 e. The quantitative estimate of drug-likeness (QED) is 0.881. The summed E-state index contributed by atoms with van der Waals surface area (Å²) in [4.78, 5) is 0. The predicted molar refractivity (Wildman–Crippen MR) is 64.9 cm³/mol. The Morgan fingerprint density at radius 2 is 2.20 bits per heavy atom. The number of para-hydroxylation sites is 1. The van der Waals surface area contributed by atoms with Crippen LogP contribution in [0.1, 0.15) is 24.8 Å². The smallest absolute Gasteiger partial charge is 0.134 e. The number of aromatic hydroxyl groups is 1. The van der Waals surface area contributed by atoms with Crippen LogP contribution in [0, 0.1) is 5.92 Å². The molecule has 0 amide bonds. The maximum absolute atomic E-state index is 9.75. The number of hydrogen-bond acceptors (Lipinski definition) is 2. The Balaban J connectivity index is 1.84. The van der Waals surface area contributed by atoms with E-state index in [1.807, 2.05) is 18.2 Å². The Labute approximate surface area is 98.8 Å². The molecule has 0 bridgehead atoms. The molecule has 2 nitrogen and oxygen atoms in total. The van der Waals surface area contributed by atoms with Gasteiger partial charge in [0.2, 0.25) is 0 Å². The number of halogens is 1. The molecule has 0 heterocycles. The van der Waals surface area contributed by atoms with E-state index in [0.29, 0.717) is 5.75 Å². The molecule has 0 spiro atoms. The number of benzene rings is 1. The Hall–Kier alpha value is -0.540. The van der Waals surface area contributed by atoms with Crippen molar-refractivity contribution < 1.29 is 5.11 Å². The van der Waals surface area contributed by atoms with Crippen LogP contribution < -0.4 is 5.32 Å². The molecule has 1 aliphatic carbocycles. The van der Waals surface area contributed by atoms with Gasteiger partial charge in [-0.2, -0.15) is 0 Å². The van der Waals surface area contributed by atoms with Crippen LogP contribution in [0.2, 0.25) is 0 Å². The topological polar surface area (TPSA) is 32.3 Å². The van der Waals surface area contributed by atoms with Gasteiger partial charge in [0.05, 0.1) is 4.47 Å². The first-order valence-electron chi connectivity index (χ1n) is 5.44. The first-order chi connectivity index (χ1) is 7.27. The van der Waals surface area contributed by atoms with E-state index < -0.39 is 0 Å². The summed E-state index contributed by atoms with van der Waals surface area (Å²) in [6.45, 7) is 1.83. The summed E-state index contributed by atoms with van der Waals surface area (Å²) >= 11 is 3.31. The average molecular weight is 270 g/mol. The number of nitrogens with one attached hydrogen (secondary N) is 1. The van der Waals surface area contributed by atoms with Crippen LogP contribution >= 0.6 is 15.9 Å². The SMILES string of the molecule is Oc1c(Br)cccc1CNCC1CCC1. The van der Waals surface area contributed by atoms with Gasteiger partial charge in [-0.1, -0.05) is 18.6 Å². The monoisotopic (exact) mass is 269 g/mol. The molecule has 15 heavy (non-hydrogen) atoms. The minimum Gasteiger partial charge on any atom is -0.506 e. The van der Waals surface area contributed by atoms with Crippen LogP contribution in [-0.4, -0.2) is 11.7 Å². The van der Waals surface area contributed by atoms with Gasteiger partial charge in [-0.25, -0.2) is 0 Å². The lowest BCUT2D eigenvalue weighted by Gasteiger charge is -2.25. The number of hydrogen-bond donors (Lipinski definition) is 2. The zero-order valence-electron chi connectivity index (χ0n) is 8.67. The molecule has 0 atom stereocenters. The third-order valence-electron chi connectivity index (χ3n) is 3.04. The van der Waals surface area contributed by atoms with Crippen molar-refractivity contribution in [1.29, 1.82) is 0 Å². The van der Waals surface area contributed by atoms with E-state index in [0.717, 1.165) is 29.0 Å². The fourth-order valence-electron chi connectivity index (χ4n) is 1.81. The lowest BCUT2D eigenvalue weighted by molar-refractivity contribution is 0.300. The van der Waals surface area contributed by atoms with Crippen LogP contribution in [0.15, 0.2) is 22.7 Å². The summed E-state index contributed by atoms with van der Waals surface area (Å²) in [5, 5.41) is 13.1. The second-order valence-corrected chi connectivity index (χ2v) is 5.03. The molecule has 2 N–H and O–H groups in total. The molecule has 1 aromatic carbocycles. The highest BCUT2D eigenvalue weighted by molar-refractivity contribution is 9.10. The fourth-order valence-corrected chi connectivity index (χ4v) is 2.22. The average Bonchev–Trinajstić information content (AvgIpc) is 2.16. The van der Waals surface area contributed by atoms with Gasteiger partial charge >= 0.3 is 0 Å². The molecule has 1 aliphatic rings. The molecule has 0 aliphatic heterocycles. The maximum atomic E-state index is 9.75. The van der Waals surface area contributed by atoms with Gasteiger partial charge in [-0.15, -0.1) is 0 Å². The van der Waals surface area contributed by atoms with Crippen LogP contribution in [0.25, 0.3) is 0 Å². The second-order valence-electron chi connectivity index (χ2n) is 4.18. The largest absolute Gasteiger partial charge is 0.506 e. The Kier molecular flexibility index (Phi) is 3.65. The summed E-state index contributed by atoms with van der Waals surface area (Å²) < 4.78 is 0.769.